The number of hydrogen-bond donors (Lipinski definition) is 1. The fourth-order valence-electron chi connectivity index (χ4n) is 0.924. The fraction of sp³-hybridized carbons (Fsp3) is 0.250. The quantitative estimate of drug-likeness (QED) is 0.842. The number of sulfonamides is 1. The summed E-state index contributed by atoms with van der Waals surface area (Å²) in [5.41, 5.74) is 0. The Labute approximate surface area is 85.7 Å². The summed E-state index contributed by atoms with van der Waals surface area (Å²) in [6, 6.07) is 2.90. The lowest BCUT2D eigenvalue weighted by Crippen LogP contribution is -2.12. The van der Waals surface area contributed by atoms with Crippen molar-refractivity contribution in [3.8, 4) is 5.75 Å². The number of halogens is 2. The third kappa shape index (κ3) is 3.14. The number of nitrogens with two attached hydrogens (primary N) is 1. The smallest absolute Gasteiger partial charge is 0.238 e. The number of benzene rings is 1. The summed E-state index contributed by atoms with van der Waals surface area (Å²) in [4.78, 5) is -0.354. The van der Waals surface area contributed by atoms with Crippen LogP contribution in [0.4, 0.5) is 8.78 Å². The predicted octanol–water partition coefficient (Wildman–Crippen LogP) is 0.821. The maximum atomic E-state index is 13.1. The molecule has 0 radical (unpaired) electrons. The average Bonchev–Trinajstić information content (AvgIpc) is 2.14. The van der Waals surface area contributed by atoms with E-state index < -0.39 is 22.5 Å². The lowest BCUT2D eigenvalue weighted by atomic mass is 10.3. The van der Waals surface area contributed by atoms with E-state index in [0.717, 1.165) is 18.2 Å². The molecule has 0 unspecified atom stereocenters. The zero-order valence-corrected chi connectivity index (χ0v) is 8.43. The van der Waals surface area contributed by atoms with Crippen LogP contribution in [0.25, 0.3) is 0 Å². The van der Waals surface area contributed by atoms with E-state index in [1.807, 2.05) is 0 Å². The topological polar surface area (TPSA) is 69.4 Å². The second kappa shape index (κ2) is 4.54. The van der Waals surface area contributed by atoms with Gasteiger partial charge in [0.2, 0.25) is 10.0 Å². The standard InChI is InChI=1S/C8H9F2NO3S/c9-3-4-14-8-2-1-6(5-7(8)10)15(11,12)13/h1-2,5H,3-4H2,(H2,11,12,13). The molecular formula is C8H9F2NO3S. The third-order valence-corrected chi connectivity index (χ3v) is 2.48. The number of ether oxygens (including phenoxy) is 1. The highest BCUT2D eigenvalue weighted by atomic mass is 32.2. The predicted molar refractivity (Wildman–Crippen MR) is 49.2 cm³/mol. The van der Waals surface area contributed by atoms with Crippen molar-refractivity contribution in [2.75, 3.05) is 13.3 Å². The van der Waals surface area contributed by atoms with Gasteiger partial charge in [-0.15, -0.1) is 0 Å². The zero-order valence-electron chi connectivity index (χ0n) is 7.61. The first-order chi connectivity index (χ1) is 6.95. The van der Waals surface area contributed by atoms with Gasteiger partial charge < -0.3 is 4.74 Å². The summed E-state index contributed by atoms with van der Waals surface area (Å²) in [7, 11) is -3.93. The van der Waals surface area contributed by atoms with Crippen LogP contribution in [0, 0.1) is 5.82 Å². The third-order valence-electron chi connectivity index (χ3n) is 1.57. The first-order valence-electron chi connectivity index (χ1n) is 3.96. The summed E-state index contributed by atoms with van der Waals surface area (Å²) in [5, 5.41) is 4.78. The summed E-state index contributed by atoms with van der Waals surface area (Å²) >= 11 is 0. The number of hydrogen-bond acceptors (Lipinski definition) is 3. The summed E-state index contributed by atoms with van der Waals surface area (Å²) in [5.74, 6) is -1.10. The van der Waals surface area contributed by atoms with Crippen LogP contribution in [0.3, 0.4) is 0 Å². The van der Waals surface area contributed by atoms with Crippen LogP contribution in [0.1, 0.15) is 0 Å². The largest absolute Gasteiger partial charge is 0.488 e. The molecule has 4 nitrogen and oxygen atoms in total. The molecule has 0 aliphatic heterocycles. The van der Waals surface area contributed by atoms with Crippen LogP contribution < -0.4 is 9.88 Å². The normalized spacial score (nSPS) is 11.4. The SMILES string of the molecule is NS(=O)(=O)c1ccc(OCCF)c(F)c1. The Balaban J connectivity index is 2.99. The minimum Gasteiger partial charge on any atom is -0.488 e. The molecule has 0 fully saturated rings. The second-order valence-corrected chi connectivity index (χ2v) is 4.24. The minimum atomic E-state index is -3.93. The first-order valence-corrected chi connectivity index (χ1v) is 5.51. The molecule has 2 N–H and O–H groups in total. The summed E-state index contributed by atoms with van der Waals surface area (Å²) in [6.45, 7) is -1.04. The molecule has 0 bridgehead atoms. The van der Waals surface area contributed by atoms with E-state index in [9.17, 15) is 17.2 Å². The molecule has 7 heteroatoms. The Morgan fingerprint density at radius 2 is 2.07 bits per heavy atom. The van der Waals surface area contributed by atoms with Gasteiger partial charge in [0.25, 0.3) is 0 Å². The van der Waals surface area contributed by atoms with Gasteiger partial charge in [0.15, 0.2) is 11.6 Å². The van der Waals surface area contributed by atoms with Gasteiger partial charge in [0.05, 0.1) is 4.90 Å². The molecule has 0 amide bonds. The van der Waals surface area contributed by atoms with Gasteiger partial charge in [0.1, 0.15) is 13.3 Å². The Kier molecular flexibility index (Phi) is 3.59. The van der Waals surface area contributed by atoms with Crippen molar-refractivity contribution in [2.24, 2.45) is 5.14 Å². The van der Waals surface area contributed by atoms with E-state index >= 15 is 0 Å². The van der Waals surface area contributed by atoms with E-state index in [-0.39, 0.29) is 17.3 Å². The van der Waals surface area contributed by atoms with Crippen molar-refractivity contribution < 1.29 is 21.9 Å². The Morgan fingerprint density at radius 3 is 2.53 bits per heavy atom. The molecule has 84 valence electrons. The molecule has 0 aliphatic rings. The number of rotatable bonds is 4. The van der Waals surface area contributed by atoms with E-state index in [4.69, 9.17) is 5.14 Å². The van der Waals surface area contributed by atoms with Crippen LogP contribution in [0.5, 0.6) is 5.75 Å². The van der Waals surface area contributed by atoms with Gasteiger partial charge in [-0.1, -0.05) is 0 Å². The number of alkyl halides is 1. The summed E-state index contributed by atoms with van der Waals surface area (Å²) < 4.78 is 51.2. The van der Waals surface area contributed by atoms with Crippen LogP contribution in [0.15, 0.2) is 23.1 Å². The number of primary sulfonamides is 1. The van der Waals surface area contributed by atoms with Crippen molar-refractivity contribution in [3.05, 3.63) is 24.0 Å². The van der Waals surface area contributed by atoms with Crippen molar-refractivity contribution in [1.82, 2.24) is 0 Å². The van der Waals surface area contributed by atoms with Crippen molar-refractivity contribution in [1.29, 1.82) is 0 Å². The maximum absolute atomic E-state index is 13.1. The Hall–Kier alpha value is -1.21. The molecule has 1 aromatic rings. The zero-order chi connectivity index (χ0) is 11.5. The molecular weight excluding hydrogens is 228 g/mol. The highest BCUT2D eigenvalue weighted by Crippen LogP contribution is 2.20. The van der Waals surface area contributed by atoms with Crippen LogP contribution in [-0.4, -0.2) is 21.7 Å². The molecule has 0 aliphatic carbocycles. The highest BCUT2D eigenvalue weighted by Gasteiger charge is 2.11. The van der Waals surface area contributed by atoms with E-state index in [1.165, 1.54) is 0 Å². The maximum Gasteiger partial charge on any atom is 0.238 e. The first kappa shape index (κ1) is 11.9. The van der Waals surface area contributed by atoms with Gasteiger partial charge in [-0.3, -0.25) is 0 Å². The van der Waals surface area contributed by atoms with E-state index in [0.29, 0.717) is 0 Å². The monoisotopic (exact) mass is 237 g/mol. The molecule has 0 spiro atoms. The van der Waals surface area contributed by atoms with Crippen LogP contribution >= 0.6 is 0 Å². The van der Waals surface area contributed by atoms with Gasteiger partial charge in [0, 0.05) is 0 Å². The summed E-state index contributed by atoms with van der Waals surface area (Å²) in [6.07, 6.45) is 0. The van der Waals surface area contributed by atoms with E-state index in [2.05, 4.69) is 4.74 Å². The minimum absolute atomic E-state index is 0.208. The molecule has 1 rings (SSSR count). The van der Waals surface area contributed by atoms with Gasteiger partial charge in [-0.25, -0.2) is 22.3 Å². The molecule has 0 atom stereocenters. The lowest BCUT2D eigenvalue weighted by Gasteiger charge is -2.05. The van der Waals surface area contributed by atoms with Gasteiger partial charge in [-0.05, 0) is 18.2 Å². The highest BCUT2D eigenvalue weighted by molar-refractivity contribution is 7.89. The van der Waals surface area contributed by atoms with Crippen LogP contribution in [-0.2, 0) is 10.0 Å². The molecule has 0 heterocycles. The van der Waals surface area contributed by atoms with Crippen molar-refractivity contribution in [3.63, 3.8) is 0 Å². The van der Waals surface area contributed by atoms with E-state index in [1.54, 1.807) is 0 Å². The van der Waals surface area contributed by atoms with Crippen LogP contribution in [0.2, 0.25) is 0 Å². The van der Waals surface area contributed by atoms with Gasteiger partial charge in [-0.2, -0.15) is 0 Å². The average molecular weight is 237 g/mol. The Bertz CT molecular complexity index is 447. The fourth-order valence-corrected chi connectivity index (χ4v) is 1.45. The second-order valence-electron chi connectivity index (χ2n) is 2.67. The molecule has 1 aromatic carbocycles. The Morgan fingerprint density at radius 1 is 1.40 bits per heavy atom. The van der Waals surface area contributed by atoms with Crippen molar-refractivity contribution >= 4 is 10.0 Å². The lowest BCUT2D eigenvalue weighted by molar-refractivity contribution is 0.262. The molecule has 0 saturated carbocycles. The van der Waals surface area contributed by atoms with Crippen molar-refractivity contribution in [2.45, 2.75) is 4.90 Å². The molecule has 0 aromatic heterocycles. The molecule has 0 saturated heterocycles. The van der Waals surface area contributed by atoms with Gasteiger partial charge >= 0.3 is 0 Å². The molecule has 15 heavy (non-hydrogen) atoms.